The fourth-order valence-corrected chi connectivity index (χ4v) is 3.43. The number of H-pyrrole nitrogens is 1. The van der Waals surface area contributed by atoms with E-state index < -0.39 is 11.9 Å². The molecule has 1 aromatic heterocycles. The molecular weight excluding hydrogens is 290 g/mol. The number of aryl methyl sites for hydroxylation is 1. The average Bonchev–Trinajstić information content (AvgIpc) is 2.89. The lowest BCUT2D eigenvalue weighted by atomic mass is 9.85. The van der Waals surface area contributed by atoms with Gasteiger partial charge in [-0.2, -0.15) is 0 Å². The number of primary amides is 1. The SMILES string of the molecule is CC(C)[C@H](NC(=O)C1CCc2[nH]c3ccccc3c2C1)C(N)=O. The molecule has 2 atom stereocenters. The number of nitrogens with one attached hydrogen (secondary N) is 2. The van der Waals surface area contributed by atoms with Crippen molar-refractivity contribution < 1.29 is 9.59 Å². The summed E-state index contributed by atoms with van der Waals surface area (Å²) in [6.45, 7) is 3.77. The fourth-order valence-electron chi connectivity index (χ4n) is 3.43. The Bertz CT molecular complexity index is 748. The van der Waals surface area contributed by atoms with Gasteiger partial charge in [0.25, 0.3) is 0 Å². The molecule has 0 fully saturated rings. The predicted molar refractivity (Wildman–Crippen MR) is 89.8 cm³/mol. The number of para-hydroxylation sites is 1. The van der Waals surface area contributed by atoms with E-state index in [9.17, 15) is 9.59 Å². The lowest BCUT2D eigenvalue weighted by Gasteiger charge is -2.25. The maximum atomic E-state index is 12.6. The van der Waals surface area contributed by atoms with Crippen molar-refractivity contribution in [3.8, 4) is 0 Å². The number of carbonyl (C=O) groups is 2. The normalized spacial score (nSPS) is 18.7. The smallest absolute Gasteiger partial charge is 0.240 e. The van der Waals surface area contributed by atoms with Gasteiger partial charge in [-0.1, -0.05) is 32.0 Å². The zero-order chi connectivity index (χ0) is 16.6. The summed E-state index contributed by atoms with van der Waals surface area (Å²) in [7, 11) is 0. The summed E-state index contributed by atoms with van der Waals surface area (Å²) in [5.41, 5.74) is 8.97. The second-order valence-corrected chi connectivity index (χ2v) is 6.70. The zero-order valence-corrected chi connectivity index (χ0v) is 13.6. The molecule has 1 aliphatic rings. The minimum absolute atomic E-state index is 0.0105. The van der Waals surface area contributed by atoms with Crippen LogP contribution in [0.25, 0.3) is 10.9 Å². The van der Waals surface area contributed by atoms with Gasteiger partial charge in [-0.15, -0.1) is 0 Å². The molecule has 2 amide bonds. The van der Waals surface area contributed by atoms with Gasteiger partial charge in [0, 0.05) is 22.5 Å². The van der Waals surface area contributed by atoms with E-state index in [1.807, 2.05) is 26.0 Å². The van der Waals surface area contributed by atoms with Gasteiger partial charge in [-0.25, -0.2) is 0 Å². The maximum absolute atomic E-state index is 12.6. The van der Waals surface area contributed by atoms with Gasteiger partial charge in [-0.05, 0) is 36.8 Å². The highest BCUT2D eigenvalue weighted by Gasteiger charge is 2.30. The molecule has 2 aromatic rings. The molecule has 1 aliphatic carbocycles. The predicted octanol–water partition coefficient (Wildman–Crippen LogP) is 1.90. The van der Waals surface area contributed by atoms with E-state index in [4.69, 9.17) is 5.73 Å². The summed E-state index contributed by atoms with van der Waals surface area (Å²) < 4.78 is 0. The van der Waals surface area contributed by atoms with Crippen molar-refractivity contribution in [2.75, 3.05) is 0 Å². The Labute approximate surface area is 135 Å². The Hall–Kier alpha value is -2.30. The number of carbonyl (C=O) groups excluding carboxylic acids is 2. The Morgan fingerprint density at radius 3 is 2.74 bits per heavy atom. The van der Waals surface area contributed by atoms with E-state index in [-0.39, 0.29) is 17.7 Å². The zero-order valence-electron chi connectivity index (χ0n) is 13.6. The molecule has 0 bridgehead atoms. The van der Waals surface area contributed by atoms with Gasteiger partial charge in [0.2, 0.25) is 11.8 Å². The van der Waals surface area contributed by atoms with Gasteiger partial charge in [0.15, 0.2) is 0 Å². The fraction of sp³-hybridized carbons (Fsp3) is 0.444. The summed E-state index contributed by atoms with van der Waals surface area (Å²) in [6.07, 6.45) is 2.34. The summed E-state index contributed by atoms with van der Waals surface area (Å²) in [5.74, 6) is -0.665. The van der Waals surface area contributed by atoms with E-state index in [0.29, 0.717) is 6.42 Å². The van der Waals surface area contributed by atoms with Crippen LogP contribution >= 0.6 is 0 Å². The first-order valence-corrected chi connectivity index (χ1v) is 8.15. The van der Waals surface area contributed by atoms with Crippen molar-refractivity contribution in [1.82, 2.24) is 10.3 Å². The monoisotopic (exact) mass is 313 g/mol. The van der Waals surface area contributed by atoms with E-state index in [0.717, 1.165) is 18.4 Å². The number of hydrogen-bond acceptors (Lipinski definition) is 2. The van der Waals surface area contributed by atoms with Crippen LogP contribution in [0.2, 0.25) is 0 Å². The van der Waals surface area contributed by atoms with Gasteiger partial charge in [0.05, 0.1) is 0 Å². The highest BCUT2D eigenvalue weighted by Crippen LogP contribution is 2.31. The molecule has 1 heterocycles. The Morgan fingerprint density at radius 2 is 2.04 bits per heavy atom. The minimum atomic E-state index is -0.605. The van der Waals surface area contributed by atoms with Crippen LogP contribution in [0.1, 0.15) is 31.5 Å². The average molecular weight is 313 g/mol. The molecule has 0 radical (unpaired) electrons. The quantitative estimate of drug-likeness (QED) is 0.805. The molecule has 1 aromatic carbocycles. The molecular formula is C18H23N3O2. The lowest BCUT2D eigenvalue weighted by Crippen LogP contribution is -2.50. The third-order valence-corrected chi connectivity index (χ3v) is 4.74. The first-order valence-electron chi connectivity index (χ1n) is 8.15. The molecule has 5 heteroatoms. The van der Waals surface area contributed by atoms with Crippen LogP contribution < -0.4 is 11.1 Å². The highest BCUT2D eigenvalue weighted by atomic mass is 16.2. The number of amides is 2. The lowest BCUT2D eigenvalue weighted by molar-refractivity contribution is -0.131. The van der Waals surface area contributed by atoms with Crippen LogP contribution in [-0.2, 0) is 22.4 Å². The standard InChI is InChI=1S/C18H23N3O2/c1-10(2)16(17(19)22)21-18(23)11-7-8-15-13(9-11)12-5-3-4-6-14(12)20-15/h3-6,10-11,16,20H,7-9H2,1-2H3,(H2,19,22)(H,21,23)/t11?,16-/m0/s1. The van der Waals surface area contributed by atoms with Crippen molar-refractivity contribution >= 4 is 22.7 Å². The number of hydrogen-bond donors (Lipinski definition) is 3. The molecule has 0 saturated heterocycles. The van der Waals surface area contributed by atoms with Crippen LogP contribution in [0.15, 0.2) is 24.3 Å². The van der Waals surface area contributed by atoms with Crippen molar-refractivity contribution in [3.63, 3.8) is 0 Å². The molecule has 4 N–H and O–H groups in total. The number of aromatic amines is 1. The second-order valence-electron chi connectivity index (χ2n) is 6.70. The van der Waals surface area contributed by atoms with Crippen LogP contribution in [0, 0.1) is 11.8 Å². The number of aromatic nitrogens is 1. The van der Waals surface area contributed by atoms with E-state index in [1.165, 1.54) is 16.6 Å². The van der Waals surface area contributed by atoms with E-state index in [2.05, 4.69) is 22.4 Å². The third-order valence-electron chi connectivity index (χ3n) is 4.74. The van der Waals surface area contributed by atoms with E-state index in [1.54, 1.807) is 0 Å². The molecule has 1 unspecified atom stereocenters. The Morgan fingerprint density at radius 1 is 1.30 bits per heavy atom. The van der Waals surface area contributed by atoms with Gasteiger partial charge < -0.3 is 16.0 Å². The first kappa shape index (κ1) is 15.6. The van der Waals surface area contributed by atoms with E-state index >= 15 is 0 Å². The molecule has 23 heavy (non-hydrogen) atoms. The first-order chi connectivity index (χ1) is 11.0. The molecule has 122 valence electrons. The summed E-state index contributed by atoms with van der Waals surface area (Å²) in [6, 6.07) is 7.57. The van der Waals surface area contributed by atoms with Crippen molar-refractivity contribution in [3.05, 3.63) is 35.5 Å². The third kappa shape index (κ3) is 2.96. The largest absolute Gasteiger partial charge is 0.368 e. The molecule has 0 spiro atoms. The van der Waals surface area contributed by atoms with Crippen LogP contribution in [-0.4, -0.2) is 22.8 Å². The topological polar surface area (TPSA) is 88.0 Å². The second kappa shape index (κ2) is 6.07. The summed E-state index contributed by atoms with van der Waals surface area (Å²) in [4.78, 5) is 27.5. The number of rotatable bonds is 4. The maximum Gasteiger partial charge on any atom is 0.240 e. The van der Waals surface area contributed by atoms with Crippen molar-refractivity contribution in [1.29, 1.82) is 0 Å². The highest BCUT2D eigenvalue weighted by molar-refractivity contribution is 5.89. The summed E-state index contributed by atoms with van der Waals surface area (Å²) >= 11 is 0. The van der Waals surface area contributed by atoms with Crippen molar-refractivity contribution in [2.24, 2.45) is 17.6 Å². The van der Waals surface area contributed by atoms with Gasteiger partial charge in [-0.3, -0.25) is 9.59 Å². The summed E-state index contributed by atoms with van der Waals surface area (Å²) in [5, 5.41) is 4.02. The number of nitrogens with two attached hydrogens (primary N) is 1. The van der Waals surface area contributed by atoms with Crippen LogP contribution in [0.4, 0.5) is 0 Å². The van der Waals surface area contributed by atoms with Crippen LogP contribution in [0.5, 0.6) is 0 Å². The van der Waals surface area contributed by atoms with Crippen molar-refractivity contribution in [2.45, 2.75) is 39.2 Å². The molecule has 5 nitrogen and oxygen atoms in total. The molecule has 3 rings (SSSR count). The van der Waals surface area contributed by atoms with Crippen LogP contribution in [0.3, 0.4) is 0 Å². The Kier molecular flexibility index (Phi) is 4.11. The van der Waals surface area contributed by atoms with Gasteiger partial charge >= 0.3 is 0 Å². The van der Waals surface area contributed by atoms with Gasteiger partial charge in [0.1, 0.15) is 6.04 Å². The minimum Gasteiger partial charge on any atom is -0.368 e. The number of benzene rings is 1. The Balaban J connectivity index is 1.78. The molecule has 0 saturated carbocycles. The molecule has 0 aliphatic heterocycles. The number of fused-ring (bicyclic) bond motifs is 3.